The Bertz CT molecular complexity index is 245. The largest absolute Gasteiger partial charge is 0.469 e. The minimum absolute atomic E-state index is 0.170. The van der Waals surface area contributed by atoms with Crippen molar-refractivity contribution in [3.63, 3.8) is 0 Å². The van der Waals surface area contributed by atoms with E-state index in [1.165, 1.54) is 13.5 Å². The van der Waals surface area contributed by atoms with Gasteiger partial charge in [-0.15, -0.1) is 0 Å². The second-order valence-corrected chi connectivity index (χ2v) is 5.28. The van der Waals surface area contributed by atoms with Crippen molar-refractivity contribution in [2.45, 2.75) is 51.0 Å². The third-order valence-corrected chi connectivity index (χ3v) is 3.48. The van der Waals surface area contributed by atoms with E-state index in [4.69, 9.17) is 0 Å². The maximum Gasteiger partial charge on any atom is 0.305 e. The summed E-state index contributed by atoms with van der Waals surface area (Å²) < 4.78 is 4.56. The molecule has 0 aromatic rings. The fourth-order valence-corrected chi connectivity index (χ4v) is 2.57. The van der Waals surface area contributed by atoms with Crippen molar-refractivity contribution in [2.75, 3.05) is 20.2 Å². The van der Waals surface area contributed by atoms with E-state index >= 15 is 0 Å². The van der Waals surface area contributed by atoms with Crippen molar-refractivity contribution in [2.24, 2.45) is 5.92 Å². The van der Waals surface area contributed by atoms with Crippen LogP contribution in [-0.4, -0.2) is 36.9 Å². The molecule has 0 radical (unpaired) electrons. The summed E-state index contributed by atoms with van der Waals surface area (Å²) in [6.07, 6.45) is 5.32. The van der Waals surface area contributed by atoms with Crippen LogP contribution in [0.5, 0.6) is 0 Å². The number of esters is 1. The van der Waals surface area contributed by atoms with E-state index in [-0.39, 0.29) is 5.97 Å². The van der Waals surface area contributed by atoms with Gasteiger partial charge in [-0.1, -0.05) is 19.8 Å². The second-order valence-electron chi connectivity index (χ2n) is 5.28. The van der Waals surface area contributed by atoms with Crippen LogP contribution >= 0.6 is 0 Å². The van der Waals surface area contributed by atoms with Gasteiger partial charge in [-0.3, -0.25) is 4.79 Å². The molecule has 4 nitrogen and oxygen atoms in total. The molecule has 1 saturated carbocycles. The maximum absolute atomic E-state index is 10.9. The number of rotatable bonds is 6. The Labute approximate surface area is 104 Å². The smallest absolute Gasteiger partial charge is 0.305 e. The molecule has 0 bridgehead atoms. The number of carbonyl (C=O) groups is 1. The van der Waals surface area contributed by atoms with Gasteiger partial charge in [0.1, 0.15) is 0 Å². The van der Waals surface area contributed by atoms with E-state index in [2.05, 4.69) is 17.0 Å². The van der Waals surface area contributed by atoms with Crippen molar-refractivity contribution < 1.29 is 14.6 Å². The lowest BCUT2D eigenvalue weighted by Gasteiger charge is -2.35. The molecule has 0 saturated heterocycles. The summed E-state index contributed by atoms with van der Waals surface area (Å²) in [5.74, 6) is 0.447. The van der Waals surface area contributed by atoms with Crippen LogP contribution in [0.4, 0.5) is 0 Å². The fourth-order valence-electron chi connectivity index (χ4n) is 2.57. The van der Waals surface area contributed by atoms with Crippen LogP contribution < -0.4 is 5.32 Å². The Morgan fingerprint density at radius 2 is 2.35 bits per heavy atom. The molecule has 2 N–H and O–H groups in total. The van der Waals surface area contributed by atoms with Gasteiger partial charge in [-0.25, -0.2) is 0 Å². The summed E-state index contributed by atoms with van der Waals surface area (Å²) in [5.41, 5.74) is -0.539. The maximum atomic E-state index is 10.9. The number of nitrogens with one attached hydrogen (secondary N) is 1. The molecule has 0 spiro atoms. The van der Waals surface area contributed by atoms with Crippen molar-refractivity contribution in [3.8, 4) is 0 Å². The first kappa shape index (κ1) is 14.5. The van der Waals surface area contributed by atoms with Crippen LogP contribution in [0.2, 0.25) is 0 Å². The van der Waals surface area contributed by atoms with Gasteiger partial charge in [-0.05, 0) is 31.7 Å². The van der Waals surface area contributed by atoms with Crippen molar-refractivity contribution >= 4 is 5.97 Å². The fraction of sp³-hybridized carbons (Fsp3) is 0.923. The van der Waals surface area contributed by atoms with E-state index in [1.54, 1.807) is 0 Å². The molecule has 17 heavy (non-hydrogen) atoms. The summed E-state index contributed by atoms with van der Waals surface area (Å²) >= 11 is 0. The van der Waals surface area contributed by atoms with Gasteiger partial charge in [0, 0.05) is 13.0 Å². The monoisotopic (exact) mass is 243 g/mol. The number of hydrogen-bond donors (Lipinski definition) is 2. The first-order valence-electron chi connectivity index (χ1n) is 6.56. The van der Waals surface area contributed by atoms with Crippen LogP contribution in [0.25, 0.3) is 0 Å². The Morgan fingerprint density at radius 3 is 3.00 bits per heavy atom. The van der Waals surface area contributed by atoms with Gasteiger partial charge in [0.2, 0.25) is 0 Å². The molecule has 0 heterocycles. The second kappa shape index (κ2) is 6.97. The van der Waals surface area contributed by atoms with Crippen LogP contribution in [-0.2, 0) is 9.53 Å². The Kier molecular flexibility index (Phi) is 5.92. The lowest BCUT2D eigenvalue weighted by molar-refractivity contribution is -0.140. The average molecular weight is 243 g/mol. The summed E-state index contributed by atoms with van der Waals surface area (Å²) in [6, 6.07) is 0. The number of ether oxygens (including phenoxy) is 1. The predicted molar refractivity (Wildman–Crippen MR) is 66.7 cm³/mol. The molecular weight excluding hydrogens is 218 g/mol. The average Bonchev–Trinajstić information content (AvgIpc) is 2.27. The Hall–Kier alpha value is -0.610. The van der Waals surface area contributed by atoms with Gasteiger partial charge in [0.25, 0.3) is 0 Å². The van der Waals surface area contributed by atoms with Crippen molar-refractivity contribution in [1.29, 1.82) is 0 Å². The third-order valence-electron chi connectivity index (χ3n) is 3.48. The minimum Gasteiger partial charge on any atom is -0.469 e. The van der Waals surface area contributed by atoms with Gasteiger partial charge < -0.3 is 15.2 Å². The normalized spacial score (nSPS) is 29.0. The van der Waals surface area contributed by atoms with Crippen LogP contribution in [0.1, 0.15) is 45.4 Å². The number of aliphatic hydroxyl groups is 1. The molecule has 1 aliphatic carbocycles. The zero-order valence-corrected chi connectivity index (χ0v) is 11.0. The van der Waals surface area contributed by atoms with Crippen LogP contribution in [0, 0.1) is 5.92 Å². The highest BCUT2D eigenvalue weighted by Crippen LogP contribution is 2.31. The summed E-state index contributed by atoms with van der Waals surface area (Å²) in [4.78, 5) is 10.9. The van der Waals surface area contributed by atoms with Crippen LogP contribution in [0.15, 0.2) is 0 Å². The van der Waals surface area contributed by atoms with E-state index < -0.39 is 5.60 Å². The molecule has 0 aliphatic heterocycles. The van der Waals surface area contributed by atoms with Crippen LogP contribution in [0.3, 0.4) is 0 Å². The third kappa shape index (κ3) is 5.50. The molecule has 2 unspecified atom stereocenters. The molecule has 0 amide bonds. The Morgan fingerprint density at radius 1 is 1.59 bits per heavy atom. The zero-order chi connectivity index (χ0) is 12.7. The molecule has 1 aliphatic rings. The highest BCUT2D eigenvalue weighted by molar-refractivity contribution is 5.69. The van der Waals surface area contributed by atoms with Gasteiger partial charge in [-0.2, -0.15) is 0 Å². The molecule has 100 valence electrons. The van der Waals surface area contributed by atoms with Gasteiger partial charge in [0.15, 0.2) is 0 Å². The zero-order valence-electron chi connectivity index (χ0n) is 11.0. The van der Waals surface area contributed by atoms with E-state index in [0.29, 0.717) is 18.9 Å². The lowest BCUT2D eigenvalue weighted by atomic mass is 9.79. The topological polar surface area (TPSA) is 58.6 Å². The van der Waals surface area contributed by atoms with Gasteiger partial charge in [0.05, 0.1) is 12.7 Å². The van der Waals surface area contributed by atoms with E-state index in [1.807, 2.05) is 0 Å². The number of hydrogen-bond acceptors (Lipinski definition) is 4. The predicted octanol–water partition coefficient (Wildman–Crippen LogP) is 1.47. The first-order valence-corrected chi connectivity index (χ1v) is 6.56. The highest BCUT2D eigenvalue weighted by atomic mass is 16.5. The lowest BCUT2D eigenvalue weighted by Crippen LogP contribution is -2.44. The SMILES string of the molecule is COC(=O)CCCNCC1(O)CCCC(C)C1. The molecular formula is C13H25NO3. The molecule has 4 heteroatoms. The molecule has 0 aromatic carbocycles. The van der Waals surface area contributed by atoms with Gasteiger partial charge >= 0.3 is 5.97 Å². The van der Waals surface area contributed by atoms with Crippen molar-refractivity contribution in [3.05, 3.63) is 0 Å². The quantitative estimate of drug-likeness (QED) is 0.548. The van der Waals surface area contributed by atoms with Crippen molar-refractivity contribution in [1.82, 2.24) is 5.32 Å². The standard InChI is InChI=1S/C13H25NO3/c1-11-5-3-7-13(16,9-11)10-14-8-4-6-12(15)17-2/h11,14,16H,3-10H2,1-2H3. The molecule has 0 aromatic heterocycles. The highest BCUT2D eigenvalue weighted by Gasteiger charge is 2.31. The number of methoxy groups -OCH3 is 1. The minimum atomic E-state index is -0.539. The molecule has 2 atom stereocenters. The van der Waals surface area contributed by atoms with E-state index in [0.717, 1.165) is 32.2 Å². The molecule has 1 fully saturated rings. The van der Waals surface area contributed by atoms with E-state index in [9.17, 15) is 9.90 Å². The number of carbonyl (C=O) groups excluding carboxylic acids is 1. The summed E-state index contributed by atoms with van der Waals surface area (Å²) in [7, 11) is 1.40. The first-order chi connectivity index (χ1) is 8.06. The summed E-state index contributed by atoms with van der Waals surface area (Å²) in [6.45, 7) is 3.59. The Balaban J connectivity index is 2.11. The molecule has 1 rings (SSSR count). The summed E-state index contributed by atoms with van der Waals surface area (Å²) in [5, 5.41) is 13.6.